The normalized spacial score (nSPS) is 15.8. The van der Waals surface area contributed by atoms with Gasteiger partial charge >= 0.3 is 0 Å². The molecule has 0 bridgehead atoms. The van der Waals surface area contributed by atoms with Crippen LogP contribution in [-0.2, 0) is 7.05 Å². The predicted molar refractivity (Wildman–Crippen MR) is 122 cm³/mol. The Balaban J connectivity index is 1.74. The lowest BCUT2D eigenvalue weighted by molar-refractivity contribution is -0.659. The molecule has 1 aliphatic heterocycles. The van der Waals surface area contributed by atoms with E-state index in [-0.39, 0.29) is 6.17 Å². The Morgan fingerprint density at radius 2 is 1.48 bits per heavy atom. The number of aromatic nitrogens is 1. The van der Waals surface area contributed by atoms with Crippen molar-refractivity contribution < 1.29 is 4.57 Å². The number of pyridine rings is 1. The second-order valence-electron chi connectivity index (χ2n) is 7.91. The zero-order chi connectivity index (χ0) is 20.1. The first kappa shape index (κ1) is 17.7. The Hall–Kier alpha value is -3.33. The van der Waals surface area contributed by atoms with E-state index in [0.29, 0.717) is 0 Å². The average molecular weight is 381 g/mol. The second-order valence-corrected chi connectivity index (χ2v) is 7.91. The van der Waals surface area contributed by atoms with Gasteiger partial charge in [0, 0.05) is 18.8 Å². The molecule has 0 radical (unpaired) electrons. The van der Waals surface area contributed by atoms with Crippen molar-refractivity contribution >= 4 is 27.8 Å². The third-order valence-corrected chi connectivity index (χ3v) is 6.32. The molecule has 0 aliphatic carbocycles. The molecular formula is C26H26N3+. The maximum absolute atomic E-state index is 2.46. The lowest BCUT2D eigenvalue weighted by Gasteiger charge is -2.29. The molecule has 4 aromatic rings. The SMILES string of the molecule is Cc1c(-c2c3ccccc3cc[n+]2C)cccc1N1c2ccccc2N(C)[C@@H]1C. The van der Waals surface area contributed by atoms with Gasteiger partial charge in [-0.2, -0.15) is 0 Å². The monoisotopic (exact) mass is 380 g/mol. The van der Waals surface area contributed by atoms with Gasteiger partial charge < -0.3 is 9.80 Å². The van der Waals surface area contributed by atoms with Crippen molar-refractivity contribution in [3.63, 3.8) is 0 Å². The number of rotatable bonds is 2. The standard InChI is InChI=1S/C26H26N3/c1-18-21(26-22-11-6-5-10-20(22)16-17-27(26)3)12-9-15-23(18)29-19(2)28(4)24-13-7-8-14-25(24)29/h5-17,19H,1-4H3/q+1/t19-/m0/s1. The van der Waals surface area contributed by atoms with Crippen molar-refractivity contribution in [2.45, 2.75) is 20.0 Å². The molecule has 2 heterocycles. The summed E-state index contributed by atoms with van der Waals surface area (Å²) in [6.07, 6.45) is 2.42. The number of hydrogen-bond acceptors (Lipinski definition) is 2. The van der Waals surface area contributed by atoms with E-state index in [1.54, 1.807) is 0 Å². The molecule has 0 unspecified atom stereocenters. The molecule has 0 fully saturated rings. The topological polar surface area (TPSA) is 10.4 Å². The quantitative estimate of drug-likeness (QED) is 0.421. The molecule has 29 heavy (non-hydrogen) atoms. The summed E-state index contributed by atoms with van der Waals surface area (Å²) in [6.45, 7) is 4.52. The molecule has 3 aromatic carbocycles. The van der Waals surface area contributed by atoms with Crippen molar-refractivity contribution in [2.75, 3.05) is 16.8 Å². The molecule has 0 saturated heterocycles. The van der Waals surface area contributed by atoms with E-state index in [0.717, 1.165) is 0 Å². The van der Waals surface area contributed by atoms with Gasteiger partial charge in [-0.05, 0) is 55.1 Å². The van der Waals surface area contributed by atoms with Crippen LogP contribution >= 0.6 is 0 Å². The van der Waals surface area contributed by atoms with Crippen LogP contribution in [0.1, 0.15) is 12.5 Å². The van der Waals surface area contributed by atoms with Crippen molar-refractivity contribution in [1.82, 2.24) is 0 Å². The van der Waals surface area contributed by atoms with E-state index in [9.17, 15) is 0 Å². The summed E-state index contributed by atoms with van der Waals surface area (Å²) < 4.78 is 2.24. The van der Waals surface area contributed by atoms with Crippen LogP contribution in [0.5, 0.6) is 0 Å². The van der Waals surface area contributed by atoms with Gasteiger partial charge in [-0.25, -0.2) is 4.57 Å². The predicted octanol–water partition coefficient (Wildman–Crippen LogP) is 5.57. The maximum Gasteiger partial charge on any atom is 0.220 e. The first-order valence-electron chi connectivity index (χ1n) is 10.2. The van der Waals surface area contributed by atoms with Crippen molar-refractivity contribution in [2.24, 2.45) is 7.05 Å². The summed E-state index contributed by atoms with van der Waals surface area (Å²) in [7, 11) is 4.31. The van der Waals surface area contributed by atoms with Crippen molar-refractivity contribution in [1.29, 1.82) is 0 Å². The number of para-hydroxylation sites is 2. The highest BCUT2D eigenvalue weighted by Gasteiger charge is 2.32. The lowest BCUT2D eigenvalue weighted by Crippen LogP contribution is -2.36. The Morgan fingerprint density at radius 1 is 0.793 bits per heavy atom. The van der Waals surface area contributed by atoms with E-state index in [4.69, 9.17) is 0 Å². The van der Waals surface area contributed by atoms with Gasteiger partial charge in [-0.15, -0.1) is 0 Å². The summed E-state index contributed by atoms with van der Waals surface area (Å²) >= 11 is 0. The van der Waals surface area contributed by atoms with Gasteiger partial charge in [-0.1, -0.05) is 36.4 Å². The summed E-state index contributed by atoms with van der Waals surface area (Å²) in [4.78, 5) is 4.80. The summed E-state index contributed by atoms with van der Waals surface area (Å²) in [5.41, 5.74) is 7.65. The average Bonchev–Trinajstić information content (AvgIpc) is 2.99. The first-order valence-corrected chi connectivity index (χ1v) is 10.2. The van der Waals surface area contributed by atoms with Crippen molar-refractivity contribution in [3.05, 3.63) is 84.6 Å². The minimum atomic E-state index is 0.266. The number of fused-ring (bicyclic) bond motifs is 2. The molecule has 0 saturated carbocycles. The van der Waals surface area contributed by atoms with Crippen LogP contribution in [0.25, 0.3) is 22.0 Å². The highest BCUT2D eigenvalue weighted by molar-refractivity contribution is 5.95. The third-order valence-electron chi connectivity index (χ3n) is 6.32. The van der Waals surface area contributed by atoms with E-state index in [2.05, 4.69) is 121 Å². The minimum Gasteiger partial charge on any atom is -0.353 e. The molecule has 0 N–H and O–H groups in total. The van der Waals surface area contributed by atoms with Crippen LogP contribution in [-0.4, -0.2) is 13.2 Å². The van der Waals surface area contributed by atoms with E-state index < -0.39 is 0 Å². The van der Waals surface area contributed by atoms with E-state index in [1.165, 1.54) is 44.7 Å². The lowest BCUT2D eigenvalue weighted by atomic mass is 9.97. The number of nitrogens with zero attached hydrogens (tertiary/aromatic N) is 3. The zero-order valence-electron chi connectivity index (χ0n) is 17.4. The highest BCUT2D eigenvalue weighted by atomic mass is 15.4. The van der Waals surface area contributed by atoms with Crippen LogP contribution in [0.3, 0.4) is 0 Å². The zero-order valence-corrected chi connectivity index (χ0v) is 17.4. The summed E-state index contributed by atoms with van der Waals surface area (Å²) in [5.74, 6) is 0. The Morgan fingerprint density at radius 3 is 2.31 bits per heavy atom. The van der Waals surface area contributed by atoms with Gasteiger partial charge in [-0.3, -0.25) is 0 Å². The Kier molecular flexibility index (Phi) is 4.06. The fourth-order valence-electron chi connectivity index (χ4n) is 4.66. The maximum atomic E-state index is 2.46. The molecule has 1 atom stereocenters. The van der Waals surface area contributed by atoms with E-state index >= 15 is 0 Å². The Bertz CT molecular complexity index is 1230. The fraction of sp³-hybridized carbons (Fsp3) is 0.192. The molecule has 0 amide bonds. The summed E-state index contributed by atoms with van der Waals surface area (Å²) in [5, 5.41) is 2.55. The van der Waals surface area contributed by atoms with Gasteiger partial charge in [0.25, 0.3) is 0 Å². The van der Waals surface area contributed by atoms with Gasteiger partial charge in [0.2, 0.25) is 5.69 Å². The van der Waals surface area contributed by atoms with Gasteiger partial charge in [0.05, 0.1) is 22.3 Å². The number of anilines is 3. The third kappa shape index (κ3) is 2.61. The van der Waals surface area contributed by atoms with Crippen LogP contribution in [0, 0.1) is 6.92 Å². The van der Waals surface area contributed by atoms with Gasteiger partial charge in [0.1, 0.15) is 13.2 Å². The summed E-state index contributed by atoms with van der Waals surface area (Å²) in [6, 6.07) is 26.2. The molecule has 1 aliphatic rings. The highest BCUT2D eigenvalue weighted by Crippen LogP contribution is 2.45. The van der Waals surface area contributed by atoms with Crippen LogP contribution in [0.4, 0.5) is 17.1 Å². The number of hydrogen-bond donors (Lipinski definition) is 0. The molecule has 5 rings (SSSR count). The van der Waals surface area contributed by atoms with Crippen molar-refractivity contribution in [3.8, 4) is 11.3 Å². The number of aryl methyl sites for hydroxylation is 1. The molecule has 1 aromatic heterocycles. The smallest absolute Gasteiger partial charge is 0.220 e. The first-order chi connectivity index (χ1) is 14.1. The molecule has 3 nitrogen and oxygen atoms in total. The van der Waals surface area contributed by atoms with E-state index in [1.807, 2.05) is 0 Å². The van der Waals surface area contributed by atoms with Crippen LogP contribution in [0.15, 0.2) is 79.0 Å². The number of benzene rings is 3. The molecule has 0 spiro atoms. The largest absolute Gasteiger partial charge is 0.353 e. The van der Waals surface area contributed by atoms with Crippen LogP contribution in [0.2, 0.25) is 0 Å². The molecule has 144 valence electrons. The molecule has 3 heteroatoms. The molecular weight excluding hydrogens is 354 g/mol. The fourth-order valence-corrected chi connectivity index (χ4v) is 4.66. The second kappa shape index (κ2) is 6.63. The van der Waals surface area contributed by atoms with Gasteiger partial charge in [0.15, 0.2) is 6.20 Å². The van der Waals surface area contributed by atoms with Crippen LogP contribution < -0.4 is 14.4 Å². The minimum absolute atomic E-state index is 0.266. The Labute approximate surface area is 172 Å².